The van der Waals surface area contributed by atoms with Crippen LogP contribution in [0.5, 0.6) is 0 Å². The molecule has 0 amide bonds. The molecule has 33 heavy (non-hydrogen) atoms. The van der Waals surface area contributed by atoms with E-state index in [0.29, 0.717) is 63.1 Å². The van der Waals surface area contributed by atoms with Gasteiger partial charge >= 0.3 is 0 Å². The van der Waals surface area contributed by atoms with E-state index in [0.717, 1.165) is 5.56 Å². The van der Waals surface area contributed by atoms with Gasteiger partial charge in [0.1, 0.15) is 11.5 Å². The topological polar surface area (TPSA) is 88.8 Å². The van der Waals surface area contributed by atoms with Crippen molar-refractivity contribution in [3.63, 3.8) is 0 Å². The molecular formula is C26H25N3O3S. The molecule has 5 rings (SSSR count). The summed E-state index contributed by atoms with van der Waals surface area (Å²) in [5.41, 5.74) is 3.85. The number of aryl methyl sites for hydroxylation is 2. The largest absolute Gasteiger partial charge is 0.461 e. The Morgan fingerprint density at radius 2 is 1.76 bits per heavy atom. The zero-order valence-electron chi connectivity index (χ0n) is 19.1. The van der Waals surface area contributed by atoms with Gasteiger partial charge in [-0.05, 0) is 43.4 Å². The molecule has 0 saturated heterocycles. The fourth-order valence-corrected chi connectivity index (χ4v) is 5.20. The molecule has 7 heteroatoms. The number of hydrogen-bond acceptors (Lipinski definition) is 6. The number of nitrogens with one attached hydrogen (secondary N) is 1. The number of H-pyrrole nitrogens is 1. The maximum atomic E-state index is 13.3. The molecule has 1 aliphatic rings. The summed E-state index contributed by atoms with van der Waals surface area (Å²) >= 11 is 1.45. The molecule has 0 unspecified atom stereocenters. The number of aromatic nitrogens is 3. The minimum absolute atomic E-state index is 0.0167. The number of benzene rings is 1. The standard InChI is InChI=1S/C26H25N3O3S/c1-14-5-8-16(9-6-14)13-33-25-28-23-22(24(31)29-25)21(19-10-7-15(2)32-19)20-17(27-23)11-26(3,4)12-18(20)30/h5-10H,11-13H2,1-4H3,(H,27,28,29,31). The summed E-state index contributed by atoms with van der Waals surface area (Å²) in [6.45, 7) is 8.01. The molecule has 168 valence electrons. The lowest BCUT2D eigenvalue weighted by molar-refractivity contribution is 0.0911. The van der Waals surface area contributed by atoms with Gasteiger partial charge < -0.3 is 9.40 Å². The molecule has 0 spiro atoms. The molecular weight excluding hydrogens is 434 g/mol. The molecule has 0 fully saturated rings. The highest BCUT2D eigenvalue weighted by Crippen LogP contribution is 2.41. The number of aromatic amines is 1. The van der Waals surface area contributed by atoms with Crippen molar-refractivity contribution in [2.24, 2.45) is 5.41 Å². The normalized spacial score (nSPS) is 15.1. The summed E-state index contributed by atoms with van der Waals surface area (Å²) in [4.78, 5) is 38.8. The summed E-state index contributed by atoms with van der Waals surface area (Å²) in [5, 5.41) is 0.805. The van der Waals surface area contributed by atoms with Crippen LogP contribution in [0.25, 0.3) is 22.4 Å². The van der Waals surface area contributed by atoms with E-state index in [2.05, 4.69) is 55.0 Å². The number of Topliss-reactive ketones (excluding diaryl/α,β-unsaturated/α-hetero) is 1. The van der Waals surface area contributed by atoms with Gasteiger partial charge in [-0.25, -0.2) is 9.97 Å². The molecule has 3 heterocycles. The van der Waals surface area contributed by atoms with Crippen LogP contribution in [-0.2, 0) is 12.2 Å². The van der Waals surface area contributed by atoms with E-state index in [9.17, 15) is 9.59 Å². The first kappa shape index (κ1) is 21.6. The summed E-state index contributed by atoms with van der Waals surface area (Å²) in [5.74, 6) is 1.87. The van der Waals surface area contributed by atoms with Crippen molar-refractivity contribution in [2.75, 3.05) is 0 Å². The Bertz CT molecular complexity index is 1450. The molecule has 1 N–H and O–H groups in total. The second-order valence-electron chi connectivity index (χ2n) is 9.50. The monoisotopic (exact) mass is 459 g/mol. The zero-order valence-corrected chi connectivity index (χ0v) is 19.9. The summed E-state index contributed by atoms with van der Waals surface area (Å²) < 4.78 is 5.88. The van der Waals surface area contributed by atoms with Crippen LogP contribution in [0.15, 0.2) is 50.8 Å². The first-order valence-electron chi connectivity index (χ1n) is 11.0. The third-order valence-electron chi connectivity index (χ3n) is 5.95. The van der Waals surface area contributed by atoms with E-state index in [1.54, 1.807) is 6.07 Å². The van der Waals surface area contributed by atoms with Gasteiger partial charge in [0, 0.05) is 17.7 Å². The van der Waals surface area contributed by atoms with E-state index in [1.807, 2.05) is 13.0 Å². The fraction of sp³-hybridized carbons (Fsp3) is 0.308. The van der Waals surface area contributed by atoms with Gasteiger partial charge in [-0.3, -0.25) is 9.59 Å². The van der Waals surface area contributed by atoms with Crippen LogP contribution in [0.1, 0.15) is 53.2 Å². The third-order valence-corrected chi connectivity index (χ3v) is 6.90. The molecule has 0 saturated carbocycles. The first-order chi connectivity index (χ1) is 15.7. The Morgan fingerprint density at radius 1 is 1.00 bits per heavy atom. The van der Waals surface area contributed by atoms with E-state index in [1.165, 1.54) is 17.3 Å². The second kappa shape index (κ2) is 7.99. The number of pyridine rings is 1. The Labute approximate surface area is 195 Å². The van der Waals surface area contributed by atoms with E-state index in [-0.39, 0.29) is 16.8 Å². The minimum Gasteiger partial charge on any atom is -0.461 e. The molecule has 0 atom stereocenters. The molecule has 0 bridgehead atoms. The molecule has 4 aromatic rings. The van der Waals surface area contributed by atoms with Gasteiger partial charge in [0.2, 0.25) is 0 Å². The Morgan fingerprint density at radius 3 is 2.45 bits per heavy atom. The van der Waals surface area contributed by atoms with E-state index < -0.39 is 0 Å². The minimum atomic E-state index is -0.316. The van der Waals surface area contributed by atoms with Crippen LogP contribution in [-0.4, -0.2) is 20.7 Å². The van der Waals surface area contributed by atoms with Gasteiger partial charge in [0.05, 0.1) is 16.6 Å². The molecule has 6 nitrogen and oxygen atoms in total. The highest BCUT2D eigenvalue weighted by molar-refractivity contribution is 7.98. The van der Waals surface area contributed by atoms with Crippen LogP contribution in [0, 0.1) is 19.3 Å². The number of thioether (sulfide) groups is 1. The number of ketones is 1. The third kappa shape index (κ3) is 4.13. The number of nitrogens with zero attached hydrogens (tertiary/aromatic N) is 2. The van der Waals surface area contributed by atoms with Crippen molar-refractivity contribution in [3.8, 4) is 11.3 Å². The van der Waals surface area contributed by atoms with Gasteiger partial charge in [0.25, 0.3) is 5.56 Å². The van der Waals surface area contributed by atoms with Crippen LogP contribution in [0.2, 0.25) is 0 Å². The zero-order chi connectivity index (χ0) is 23.3. The van der Waals surface area contributed by atoms with Crippen molar-refractivity contribution in [1.29, 1.82) is 0 Å². The van der Waals surface area contributed by atoms with Gasteiger partial charge in [-0.2, -0.15) is 0 Å². The number of fused-ring (bicyclic) bond motifs is 2. The SMILES string of the molecule is Cc1ccc(CSc2nc3nc4c(c(-c5ccc(C)o5)c3c(=O)[nH]2)C(=O)CC(C)(C)C4)cc1. The lowest BCUT2D eigenvalue weighted by Gasteiger charge is -2.30. The van der Waals surface area contributed by atoms with Crippen LogP contribution in [0.3, 0.4) is 0 Å². The molecule has 1 aromatic carbocycles. The first-order valence-corrected chi connectivity index (χ1v) is 11.9. The average Bonchev–Trinajstić information content (AvgIpc) is 3.17. The smallest absolute Gasteiger partial charge is 0.261 e. The highest BCUT2D eigenvalue weighted by Gasteiger charge is 2.36. The number of hydrogen-bond donors (Lipinski definition) is 1. The predicted octanol–water partition coefficient (Wildman–Crippen LogP) is 5.64. The summed E-state index contributed by atoms with van der Waals surface area (Å²) in [6.07, 6.45) is 1.03. The van der Waals surface area contributed by atoms with Crippen molar-refractivity contribution < 1.29 is 9.21 Å². The van der Waals surface area contributed by atoms with Crippen molar-refractivity contribution in [1.82, 2.24) is 15.0 Å². The quantitative estimate of drug-likeness (QED) is 0.314. The van der Waals surface area contributed by atoms with E-state index in [4.69, 9.17) is 9.40 Å². The Kier molecular flexibility index (Phi) is 5.24. The van der Waals surface area contributed by atoms with Crippen LogP contribution < -0.4 is 5.56 Å². The Hall–Kier alpha value is -3.19. The fourth-order valence-electron chi connectivity index (χ4n) is 4.39. The number of carbonyl (C=O) groups excluding carboxylic acids is 1. The average molecular weight is 460 g/mol. The summed E-state index contributed by atoms with van der Waals surface area (Å²) in [6, 6.07) is 11.9. The number of rotatable bonds is 4. The molecule has 0 aliphatic heterocycles. The second-order valence-corrected chi connectivity index (χ2v) is 10.5. The lowest BCUT2D eigenvalue weighted by Crippen LogP contribution is -2.29. The van der Waals surface area contributed by atoms with Crippen LogP contribution in [0.4, 0.5) is 0 Å². The van der Waals surface area contributed by atoms with Crippen molar-refractivity contribution in [3.05, 3.63) is 74.9 Å². The lowest BCUT2D eigenvalue weighted by atomic mass is 9.74. The van der Waals surface area contributed by atoms with E-state index >= 15 is 0 Å². The van der Waals surface area contributed by atoms with Gasteiger partial charge in [-0.15, -0.1) is 0 Å². The highest BCUT2D eigenvalue weighted by atomic mass is 32.2. The molecule has 3 aromatic heterocycles. The molecule has 1 aliphatic carbocycles. The number of carbonyl (C=O) groups is 1. The maximum Gasteiger partial charge on any atom is 0.261 e. The Balaban J connectivity index is 1.66. The summed E-state index contributed by atoms with van der Waals surface area (Å²) in [7, 11) is 0. The van der Waals surface area contributed by atoms with Crippen LogP contribution >= 0.6 is 11.8 Å². The van der Waals surface area contributed by atoms with Gasteiger partial charge in [0.15, 0.2) is 16.6 Å². The van der Waals surface area contributed by atoms with Crippen molar-refractivity contribution in [2.45, 2.75) is 51.4 Å². The van der Waals surface area contributed by atoms with Gasteiger partial charge in [-0.1, -0.05) is 55.4 Å². The maximum absolute atomic E-state index is 13.3. The van der Waals surface area contributed by atoms with Crippen molar-refractivity contribution >= 4 is 28.6 Å². The number of furan rings is 1. The predicted molar refractivity (Wildman–Crippen MR) is 130 cm³/mol. The molecule has 0 radical (unpaired) electrons.